The third-order valence-electron chi connectivity index (χ3n) is 7.38. The van der Waals surface area contributed by atoms with Gasteiger partial charge in [0.05, 0.1) is 22.2 Å². The van der Waals surface area contributed by atoms with Crippen LogP contribution in [-0.2, 0) is 17.7 Å². The van der Waals surface area contributed by atoms with E-state index >= 15 is 0 Å². The standard InChI is InChI=1S/C31H37N5O3S/c1-4-38-30(37)24-8-5-7-22(17-24)19-36-12-10-25(11-13-36)33-31-34-26-9-6-14-40-28(26)29(35-31)39-27-20(2)15-23(18-32)16-21(27)3/h5,7-8,15-17,25,30,37H,4,6,9-14,19H2,1-3H3,(H,33,34,35). The Morgan fingerprint density at radius 3 is 2.67 bits per heavy atom. The van der Waals surface area contributed by atoms with Gasteiger partial charge in [-0.15, -0.1) is 11.8 Å². The first kappa shape index (κ1) is 28.4. The lowest BCUT2D eigenvalue weighted by atomic mass is 10.0. The molecule has 1 saturated heterocycles. The zero-order valence-electron chi connectivity index (χ0n) is 23.4. The van der Waals surface area contributed by atoms with Crippen LogP contribution in [0.2, 0.25) is 0 Å². The van der Waals surface area contributed by atoms with Crippen LogP contribution in [0.5, 0.6) is 11.6 Å². The number of aliphatic hydroxyl groups excluding tert-OH is 1. The number of thioether (sulfide) groups is 1. The maximum atomic E-state index is 10.2. The molecule has 0 aliphatic carbocycles. The Hall–Kier alpha value is -3.16. The number of nitriles is 1. The molecule has 1 aromatic heterocycles. The number of hydrogen-bond acceptors (Lipinski definition) is 9. The van der Waals surface area contributed by atoms with Gasteiger partial charge in [0.1, 0.15) is 5.75 Å². The maximum absolute atomic E-state index is 10.2. The first-order valence-electron chi connectivity index (χ1n) is 14.0. The number of nitrogens with one attached hydrogen (secondary N) is 1. The van der Waals surface area contributed by atoms with Crippen molar-refractivity contribution < 1.29 is 14.6 Å². The Morgan fingerprint density at radius 1 is 1.18 bits per heavy atom. The number of ether oxygens (including phenoxy) is 2. The molecule has 2 aliphatic heterocycles. The van der Waals surface area contributed by atoms with Crippen molar-refractivity contribution in [3.63, 3.8) is 0 Å². The summed E-state index contributed by atoms with van der Waals surface area (Å²) in [6.07, 6.45) is 3.09. The Morgan fingerprint density at radius 2 is 1.95 bits per heavy atom. The number of piperidine rings is 1. The quantitative estimate of drug-likeness (QED) is 0.310. The molecule has 40 heavy (non-hydrogen) atoms. The van der Waals surface area contributed by atoms with Crippen LogP contribution in [0.15, 0.2) is 41.3 Å². The molecule has 1 atom stereocenters. The second-order valence-corrected chi connectivity index (χ2v) is 11.6. The van der Waals surface area contributed by atoms with E-state index in [1.165, 1.54) is 5.56 Å². The second kappa shape index (κ2) is 13.0. The van der Waals surface area contributed by atoms with Crippen molar-refractivity contribution in [2.24, 2.45) is 0 Å². The molecular weight excluding hydrogens is 522 g/mol. The highest BCUT2D eigenvalue weighted by molar-refractivity contribution is 7.99. The third-order valence-corrected chi connectivity index (χ3v) is 8.58. The van der Waals surface area contributed by atoms with E-state index in [1.54, 1.807) is 11.8 Å². The largest absolute Gasteiger partial charge is 0.437 e. The fourth-order valence-corrected chi connectivity index (χ4v) is 6.40. The summed E-state index contributed by atoms with van der Waals surface area (Å²) in [4.78, 5) is 13.2. The lowest BCUT2D eigenvalue weighted by Gasteiger charge is -2.32. The zero-order valence-corrected chi connectivity index (χ0v) is 24.3. The minimum absolute atomic E-state index is 0.280. The number of hydrogen-bond donors (Lipinski definition) is 2. The second-order valence-electron chi connectivity index (χ2n) is 10.5. The van der Waals surface area contributed by atoms with Gasteiger partial charge in [-0.3, -0.25) is 4.90 Å². The normalized spacial score (nSPS) is 16.7. The van der Waals surface area contributed by atoms with Gasteiger partial charge in [-0.25, -0.2) is 4.98 Å². The predicted octanol–water partition coefficient (Wildman–Crippen LogP) is 5.90. The highest BCUT2D eigenvalue weighted by Gasteiger charge is 2.24. The molecule has 0 bridgehead atoms. The number of rotatable bonds is 9. The summed E-state index contributed by atoms with van der Waals surface area (Å²) in [7, 11) is 0. The molecule has 210 valence electrons. The van der Waals surface area contributed by atoms with Gasteiger partial charge in [-0.2, -0.15) is 10.2 Å². The first-order chi connectivity index (χ1) is 19.4. The Balaban J connectivity index is 1.25. The molecule has 0 spiro atoms. The molecule has 2 aliphatic rings. The van der Waals surface area contributed by atoms with Gasteiger partial charge in [0.2, 0.25) is 11.8 Å². The Bertz CT molecular complexity index is 1360. The van der Waals surface area contributed by atoms with E-state index in [4.69, 9.17) is 19.4 Å². The van der Waals surface area contributed by atoms with E-state index in [9.17, 15) is 10.4 Å². The van der Waals surface area contributed by atoms with Crippen LogP contribution in [-0.4, -0.2) is 51.5 Å². The summed E-state index contributed by atoms with van der Waals surface area (Å²) < 4.78 is 11.8. The van der Waals surface area contributed by atoms with Gasteiger partial charge in [0, 0.05) is 37.8 Å². The minimum Gasteiger partial charge on any atom is -0.437 e. The summed E-state index contributed by atoms with van der Waals surface area (Å²) >= 11 is 1.75. The van der Waals surface area contributed by atoms with E-state index in [1.807, 2.05) is 51.1 Å². The van der Waals surface area contributed by atoms with Crippen molar-refractivity contribution in [1.82, 2.24) is 14.9 Å². The molecule has 0 saturated carbocycles. The molecule has 1 fully saturated rings. The van der Waals surface area contributed by atoms with Crippen molar-refractivity contribution in [3.8, 4) is 17.7 Å². The first-order valence-corrected chi connectivity index (χ1v) is 15.0. The van der Waals surface area contributed by atoms with Crippen molar-refractivity contribution in [2.75, 3.05) is 30.8 Å². The van der Waals surface area contributed by atoms with Gasteiger partial charge in [-0.1, -0.05) is 18.2 Å². The number of aryl methyl sites for hydroxylation is 3. The topological polar surface area (TPSA) is 104 Å². The van der Waals surface area contributed by atoms with E-state index in [0.29, 0.717) is 24.0 Å². The predicted molar refractivity (Wildman–Crippen MR) is 157 cm³/mol. The third kappa shape index (κ3) is 6.76. The molecule has 2 aromatic carbocycles. The van der Waals surface area contributed by atoms with Gasteiger partial charge < -0.3 is 19.9 Å². The van der Waals surface area contributed by atoms with Crippen molar-refractivity contribution in [3.05, 3.63) is 69.9 Å². The Kier molecular flexibility index (Phi) is 9.22. The average molecular weight is 560 g/mol. The number of anilines is 1. The van der Waals surface area contributed by atoms with Crippen LogP contribution in [0.1, 0.15) is 66.0 Å². The molecule has 8 nitrogen and oxygen atoms in total. The molecule has 2 N–H and O–H groups in total. The molecule has 0 radical (unpaired) electrons. The molecule has 0 amide bonds. The lowest BCUT2D eigenvalue weighted by Crippen LogP contribution is -2.39. The Labute approximate surface area is 240 Å². The van der Waals surface area contributed by atoms with Gasteiger partial charge >= 0.3 is 0 Å². The van der Waals surface area contributed by atoms with Crippen molar-refractivity contribution >= 4 is 17.7 Å². The lowest BCUT2D eigenvalue weighted by molar-refractivity contribution is -0.0980. The highest BCUT2D eigenvalue weighted by Crippen LogP contribution is 2.40. The zero-order chi connectivity index (χ0) is 28.1. The number of aliphatic hydroxyl groups is 1. The number of fused-ring (bicyclic) bond motifs is 1. The summed E-state index contributed by atoms with van der Waals surface area (Å²) in [6, 6.07) is 14.2. The van der Waals surface area contributed by atoms with Crippen molar-refractivity contribution in [1.29, 1.82) is 5.26 Å². The van der Waals surface area contributed by atoms with E-state index in [0.717, 1.165) is 84.1 Å². The van der Waals surface area contributed by atoms with E-state index in [-0.39, 0.29) is 6.04 Å². The fraction of sp³-hybridized carbons (Fsp3) is 0.452. The molecule has 3 heterocycles. The summed E-state index contributed by atoms with van der Waals surface area (Å²) in [6.45, 7) is 9.05. The summed E-state index contributed by atoms with van der Waals surface area (Å²) in [5, 5.41) is 23.1. The minimum atomic E-state index is -0.881. The van der Waals surface area contributed by atoms with Gasteiger partial charge in [-0.05, 0) is 87.1 Å². The van der Waals surface area contributed by atoms with Crippen LogP contribution >= 0.6 is 11.8 Å². The van der Waals surface area contributed by atoms with Crippen LogP contribution in [0, 0.1) is 25.2 Å². The molecule has 1 unspecified atom stereocenters. The van der Waals surface area contributed by atoms with E-state index < -0.39 is 6.29 Å². The number of benzene rings is 2. The smallest absolute Gasteiger partial charge is 0.238 e. The SMILES string of the molecule is CCOC(O)c1cccc(CN2CCC(Nc3nc4c(c(Oc5c(C)cc(C#N)cc5C)n3)SCCC4)CC2)c1. The van der Waals surface area contributed by atoms with Gasteiger partial charge in [0.25, 0.3) is 0 Å². The molecule has 3 aromatic rings. The van der Waals surface area contributed by atoms with Crippen LogP contribution in [0.25, 0.3) is 0 Å². The average Bonchev–Trinajstić information content (AvgIpc) is 2.96. The maximum Gasteiger partial charge on any atom is 0.238 e. The van der Waals surface area contributed by atoms with Crippen LogP contribution < -0.4 is 10.1 Å². The molecular formula is C31H37N5O3S. The number of aromatic nitrogens is 2. The van der Waals surface area contributed by atoms with Crippen LogP contribution in [0.4, 0.5) is 5.95 Å². The summed E-state index contributed by atoms with van der Waals surface area (Å²) in [5.74, 6) is 3.00. The summed E-state index contributed by atoms with van der Waals surface area (Å²) in [5.41, 5.74) is 5.48. The number of likely N-dealkylation sites (tertiary alicyclic amines) is 1. The molecule has 5 rings (SSSR count). The number of nitrogens with zero attached hydrogens (tertiary/aromatic N) is 4. The monoisotopic (exact) mass is 559 g/mol. The van der Waals surface area contributed by atoms with Crippen molar-refractivity contribution in [2.45, 2.75) is 70.2 Å². The highest BCUT2D eigenvalue weighted by atomic mass is 32.2. The fourth-order valence-electron chi connectivity index (χ4n) is 5.38. The van der Waals surface area contributed by atoms with E-state index in [2.05, 4.69) is 22.4 Å². The molecule has 9 heteroatoms. The van der Waals surface area contributed by atoms with Gasteiger partial charge in [0.15, 0.2) is 6.29 Å². The van der Waals surface area contributed by atoms with Crippen LogP contribution in [0.3, 0.4) is 0 Å².